The minimum absolute atomic E-state index is 0.156. The summed E-state index contributed by atoms with van der Waals surface area (Å²) in [6, 6.07) is 13.0. The molecule has 0 saturated carbocycles. The van der Waals surface area contributed by atoms with Crippen LogP contribution in [0.2, 0.25) is 0 Å². The summed E-state index contributed by atoms with van der Waals surface area (Å²) in [5.41, 5.74) is 0.542. The van der Waals surface area contributed by atoms with E-state index in [0.29, 0.717) is 34.7 Å². The van der Waals surface area contributed by atoms with Gasteiger partial charge >= 0.3 is 0 Å². The van der Waals surface area contributed by atoms with E-state index in [0.717, 1.165) is 0 Å². The Bertz CT molecular complexity index is 963. The Hall–Kier alpha value is -3.07. The van der Waals surface area contributed by atoms with Crippen LogP contribution in [0.3, 0.4) is 0 Å². The number of benzene rings is 2. The predicted octanol–water partition coefficient (Wildman–Crippen LogP) is 3.76. The molecule has 0 fully saturated rings. The first kappa shape index (κ1) is 20.7. The Morgan fingerprint density at radius 3 is 2.55 bits per heavy atom. The fourth-order valence-corrected chi connectivity index (χ4v) is 3.41. The van der Waals surface area contributed by atoms with Crippen LogP contribution in [-0.2, 0) is 17.9 Å². The van der Waals surface area contributed by atoms with E-state index in [9.17, 15) is 9.18 Å². The molecule has 0 aliphatic rings. The summed E-state index contributed by atoms with van der Waals surface area (Å²) in [5, 5.41) is 11.7. The molecular weight excluding hydrogens is 395 g/mol. The van der Waals surface area contributed by atoms with Gasteiger partial charge in [0.1, 0.15) is 12.4 Å². The second kappa shape index (κ2) is 9.92. The number of para-hydroxylation sites is 2. The highest BCUT2D eigenvalue weighted by Crippen LogP contribution is 2.27. The molecule has 1 amide bonds. The summed E-state index contributed by atoms with van der Waals surface area (Å²) < 4.78 is 25.9. The maximum absolute atomic E-state index is 12.9. The van der Waals surface area contributed by atoms with E-state index in [2.05, 4.69) is 15.5 Å². The second-order valence-corrected chi connectivity index (χ2v) is 6.87. The number of aromatic nitrogens is 3. The lowest BCUT2D eigenvalue weighted by atomic mass is 10.3. The zero-order valence-corrected chi connectivity index (χ0v) is 16.9. The lowest BCUT2D eigenvalue weighted by Gasteiger charge is -2.11. The molecule has 9 heteroatoms. The Labute approximate surface area is 172 Å². The zero-order valence-electron chi connectivity index (χ0n) is 16.1. The third kappa shape index (κ3) is 5.47. The highest BCUT2D eigenvalue weighted by molar-refractivity contribution is 7.99. The maximum Gasteiger partial charge on any atom is 0.234 e. The minimum atomic E-state index is -0.351. The molecule has 3 aromatic rings. The van der Waals surface area contributed by atoms with Gasteiger partial charge in [0.15, 0.2) is 22.5 Å². The number of methoxy groups -OCH3 is 1. The number of hydrogen-bond acceptors (Lipinski definition) is 6. The molecule has 0 aliphatic heterocycles. The molecule has 7 nitrogen and oxygen atoms in total. The molecule has 1 aromatic heterocycles. The highest BCUT2D eigenvalue weighted by Gasteiger charge is 2.14. The number of rotatable bonds is 9. The van der Waals surface area contributed by atoms with Gasteiger partial charge in [0.25, 0.3) is 0 Å². The molecule has 2 aromatic carbocycles. The van der Waals surface area contributed by atoms with Gasteiger partial charge < -0.3 is 19.4 Å². The molecule has 0 radical (unpaired) electrons. The first-order chi connectivity index (χ1) is 14.1. The van der Waals surface area contributed by atoms with Gasteiger partial charge in [-0.05, 0) is 43.3 Å². The Morgan fingerprint density at radius 1 is 1.14 bits per heavy atom. The lowest BCUT2D eigenvalue weighted by molar-refractivity contribution is -0.113. The molecule has 1 N–H and O–H groups in total. The summed E-state index contributed by atoms with van der Waals surface area (Å²) >= 11 is 1.28. The van der Waals surface area contributed by atoms with E-state index < -0.39 is 0 Å². The molecule has 0 spiro atoms. The van der Waals surface area contributed by atoms with Gasteiger partial charge in [0.2, 0.25) is 5.91 Å². The van der Waals surface area contributed by atoms with Gasteiger partial charge in [-0.3, -0.25) is 4.79 Å². The van der Waals surface area contributed by atoms with Crippen molar-refractivity contribution in [2.24, 2.45) is 0 Å². The number of ether oxygens (including phenoxy) is 2. The van der Waals surface area contributed by atoms with Crippen molar-refractivity contribution in [3.05, 3.63) is 60.2 Å². The van der Waals surface area contributed by atoms with Crippen molar-refractivity contribution in [3.63, 3.8) is 0 Å². The van der Waals surface area contributed by atoms with E-state index >= 15 is 0 Å². The molecule has 3 rings (SSSR count). The van der Waals surface area contributed by atoms with Crippen LogP contribution in [-0.4, -0.2) is 33.5 Å². The quantitative estimate of drug-likeness (QED) is 0.535. The van der Waals surface area contributed by atoms with E-state index in [1.165, 1.54) is 36.0 Å². The number of halogens is 1. The lowest BCUT2D eigenvalue weighted by Crippen LogP contribution is -2.15. The number of carbonyl (C=O) groups is 1. The minimum Gasteiger partial charge on any atom is -0.493 e. The molecule has 0 aliphatic carbocycles. The van der Waals surface area contributed by atoms with Crippen LogP contribution in [0, 0.1) is 5.82 Å². The van der Waals surface area contributed by atoms with Crippen molar-refractivity contribution in [3.8, 4) is 11.5 Å². The van der Waals surface area contributed by atoms with Crippen LogP contribution in [0.1, 0.15) is 12.7 Å². The van der Waals surface area contributed by atoms with E-state index in [1.807, 2.05) is 35.8 Å². The molecule has 0 saturated heterocycles. The number of nitrogens with zero attached hydrogens (tertiary/aromatic N) is 3. The SMILES string of the molecule is CCn1c(COc2ccccc2OC)nnc1SCC(=O)Nc1ccc(F)cc1. The number of nitrogens with one attached hydrogen (secondary N) is 1. The fraction of sp³-hybridized carbons (Fsp3) is 0.250. The van der Waals surface area contributed by atoms with Gasteiger partial charge in [-0.1, -0.05) is 23.9 Å². The van der Waals surface area contributed by atoms with Crippen molar-refractivity contribution in [2.75, 3.05) is 18.2 Å². The molecule has 0 unspecified atom stereocenters. The average Bonchev–Trinajstić information content (AvgIpc) is 3.14. The molecule has 0 bridgehead atoms. The van der Waals surface area contributed by atoms with Gasteiger partial charge in [-0.25, -0.2) is 4.39 Å². The molecule has 29 heavy (non-hydrogen) atoms. The van der Waals surface area contributed by atoms with Gasteiger partial charge in [0.05, 0.1) is 12.9 Å². The van der Waals surface area contributed by atoms with Crippen LogP contribution in [0.5, 0.6) is 11.5 Å². The van der Waals surface area contributed by atoms with Crippen LogP contribution in [0.15, 0.2) is 53.7 Å². The van der Waals surface area contributed by atoms with Crippen LogP contribution >= 0.6 is 11.8 Å². The van der Waals surface area contributed by atoms with Crippen LogP contribution in [0.4, 0.5) is 10.1 Å². The van der Waals surface area contributed by atoms with Crippen molar-refractivity contribution in [2.45, 2.75) is 25.2 Å². The number of amides is 1. The first-order valence-electron chi connectivity index (χ1n) is 8.96. The summed E-state index contributed by atoms with van der Waals surface area (Å²) in [6.45, 7) is 2.84. The van der Waals surface area contributed by atoms with E-state index in [-0.39, 0.29) is 24.1 Å². The Balaban J connectivity index is 1.58. The van der Waals surface area contributed by atoms with Crippen LogP contribution in [0.25, 0.3) is 0 Å². The highest BCUT2D eigenvalue weighted by atomic mass is 32.2. The van der Waals surface area contributed by atoms with Crippen LogP contribution < -0.4 is 14.8 Å². The molecule has 1 heterocycles. The standard InChI is InChI=1S/C20H21FN4O3S/c1-3-25-18(12-28-17-7-5-4-6-16(17)27-2)23-24-20(25)29-13-19(26)22-15-10-8-14(21)9-11-15/h4-11H,3,12-13H2,1-2H3,(H,22,26). The molecular formula is C20H21FN4O3S. The average molecular weight is 416 g/mol. The van der Waals surface area contributed by atoms with Crippen molar-refractivity contribution in [1.29, 1.82) is 0 Å². The summed E-state index contributed by atoms with van der Waals surface area (Å²) in [4.78, 5) is 12.1. The second-order valence-electron chi connectivity index (χ2n) is 5.93. The van der Waals surface area contributed by atoms with Gasteiger partial charge in [-0.15, -0.1) is 10.2 Å². The largest absolute Gasteiger partial charge is 0.493 e. The zero-order chi connectivity index (χ0) is 20.6. The number of anilines is 1. The van der Waals surface area contributed by atoms with Gasteiger partial charge in [0, 0.05) is 12.2 Å². The molecule has 152 valence electrons. The topological polar surface area (TPSA) is 78.3 Å². The summed E-state index contributed by atoms with van der Waals surface area (Å²) in [6.07, 6.45) is 0. The van der Waals surface area contributed by atoms with Crippen molar-refractivity contribution < 1.29 is 18.7 Å². The smallest absolute Gasteiger partial charge is 0.234 e. The third-order valence-corrected chi connectivity index (χ3v) is 4.96. The normalized spacial score (nSPS) is 10.6. The summed E-state index contributed by atoms with van der Waals surface area (Å²) in [7, 11) is 1.59. The maximum atomic E-state index is 12.9. The third-order valence-electron chi connectivity index (χ3n) is 4.00. The van der Waals surface area contributed by atoms with Gasteiger partial charge in [-0.2, -0.15) is 0 Å². The number of thioether (sulfide) groups is 1. The molecule has 0 atom stereocenters. The van der Waals surface area contributed by atoms with E-state index in [1.54, 1.807) is 7.11 Å². The fourth-order valence-electron chi connectivity index (χ4n) is 2.59. The Morgan fingerprint density at radius 2 is 1.86 bits per heavy atom. The first-order valence-corrected chi connectivity index (χ1v) is 9.95. The summed E-state index contributed by atoms with van der Waals surface area (Å²) in [5.74, 6) is 1.51. The number of hydrogen-bond donors (Lipinski definition) is 1. The predicted molar refractivity (Wildman–Crippen MR) is 109 cm³/mol. The van der Waals surface area contributed by atoms with E-state index in [4.69, 9.17) is 9.47 Å². The Kier molecular flexibility index (Phi) is 7.07. The van der Waals surface area contributed by atoms with Crippen molar-refractivity contribution >= 4 is 23.4 Å². The van der Waals surface area contributed by atoms with Crippen molar-refractivity contribution in [1.82, 2.24) is 14.8 Å². The monoisotopic (exact) mass is 416 g/mol. The number of carbonyl (C=O) groups excluding carboxylic acids is 1.